The van der Waals surface area contributed by atoms with Gasteiger partial charge in [0.2, 0.25) is 0 Å². The molecular weight excluding hydrogens is 254 g/mol. The Balaban J connectivity index is 1.75. The van der Waals surface area contributed by atoms with Crippen LogP contribution in [0.5, 0.6) is 17.2 Å². The maximum absolute atomic E-state index is 5.61. The standard InChI is InChI=1S/C16H19NO3/c1-2-18-15-4-3-5-16(12-15)20-11-10-19-14-8-6-13(17)7-9-14/h3-9,12H,2,10-11,17H2,1H3. The lowest BCUT2D eigenvalue weighted by molar-refractivity contribution is 0.216. The van der Waals surface area contributed by atoms with Crippen LogP contribution < -0.4 is 19.9 Å². The van der Waals surface area contributed by atoms with Crippen molar-refractivity contribution in [2.45, 2.75) is 6.92 Å². The van der Waals surface area contributed by atoms with Crippen molar-refractivity contribution in [1.82, 2.24) is 0 Å². The van der Waals surface area contributed by atoms with Gasteiger partial charge in [0.05, 0.1) is 6.61 Å². The number of benzene rings is 2. The van der Waals surface area contributed by atoms with E-state index >= 15 is 0 Å². The fourth-order valence-corrected chi connectivity index (χ4v) is 1.70. The average Bonchev–Trinajstić information content (AvgIpc) is 2.46. The molecule has 0 fully saturated rings. The number of hydrogen-bond donors (Lipinski definition) is 1. The van der Waals surface area contributed by atoms with Crippen LogP contribution in [0.15, 0.2) is 48.5 Å². The first-order valence-electron chi connectivity index (χ1n) is 6.62. The summed E-state index contributed by atoms with van der Waals surface area (Å²) in [6.07, 6.45) is 0. The maximum Gasteiger partial charge on any atom is 0.123 e. The van der Waals surface area contributed by atoms with Gasteiger partial charge in [0.15, 0.2) is 0 Å². The summed E-state index contributed by atoms with van der Waals surface area (Å²) >= 11 is 0. The normalized spacial score (nSPS) is 10.1. The van der Waals surface area contributed by atoms with E-state index in [1.54, 1.807) is 0 Å². The summed E-state index contributed by atoms with van der Waals surface area (Å²) in [5.74, 6) is 2.37. The Labute approximate surface area is 119 Å². The predicted molar refractivity (Wildman–Crippen MR) is 79.5 cm³/mol. The molecule has 0 aromatic heterocycles. The second-order valence-corrected chi connectivity index (χ2v) is 4.17. The van der Waals surface area contributed by atoms with E-state index in [-0.39, 0.29) is 0 Å². The third-order valence-corrected chi connectivity index (χ3v) is 2.62. The molecule has 4 heteroatoms. The van der Waals surface area contributed by atoms with Gasteiger partial charge in [-0.15, -0.1) is 0 Å². The molecule has 106 valence electrons. The van der Waals surface area contributed by atoms with Crippen molar-refractivity contribution >= 4 is 5.69 Å². The van der Waals surface area contributed by atoms with Gasteiger partial charge in [-0.25, -0.2) is 0 Å². The first kappa shape index (κ1) is 14.1. The molecule has 0 atom stereocenters. The molecule has 0 bridgehead atoms. The fourth-order valence-electron chi connectivity index (χ4n) is 1.70. The van der Waals surface area contributed by atoms with Crippen molar-refractivity contribution in [2.75, 3.05) is 25.6 Å². The van der Waals surface area contributed by atoms with Crippen LogP contribution in [0.3, 0.4) is 0 Å². The van der Waals surface area contributed by atoms with Crippen LogP contribution in [-0.2, 0) is 0 Å². The zero-order valence-corrected chi connectivity index (χ0v) is 11.5. The van der Waals surface area contributed by atoms with E-state index in [2.05, 4.69) is 0 Å². The SMILES string of the molecule is CCOc1cccc(OCCOc2ccc(N)cc2)c1. The van der Waals surface area contributed by atoms with Gasteiger partial charge in [-0.3, -0.25) is 0 Å². The minimum Gasteiger partial charge on any atom is -0.494 e. The highest BCUT2D eigenvalue weighted by molar-refractivity contribution is 5.41. The molecule has 0 spiro atoms. The van der Waals surface area contributed by atoms with Crippen molar-refractivity contribution in [1.29, 1.82) is 0 Å². The molecule has 20 heavy (non-hydrogen) atoms. The quantitative estimate of drug-likeness (QED) is 0.622. The Hall–Kier alpha value is -2.36. The summed E-state index contributed by atoms with van der Waals surface area (Å²) in [5.41, 5.74) is 6.33. The Morgan fingerprint density at radius 3 is 2.05 bits per heavy atom. The molecule has 2 rings (SSSR count). The van der Waals surface area contributed by atoms with Gasteiger partial charge in [-0.05, 0) is 43.3 Å². The number of nitrogens with two attached hydrogens (primary N) is 1. The van der Waals surface area contributed by atoms with Gasteiger partial charge >= 0.3 is 0 Å². The van der Waals surface area contributed by atoms with Gasteiger partial charge in [-0.1, -0.05) is 6.07 Å². The summed E-state index contributed by atoms with van der Waals surface area (Å²) in [6.45, 7) is 3.54. The number of hydrogen-bond acceptors (Lipinski definition) is 4. The van der Waals surface area contributed by atoms with Crippen LogP contribution in [0.4, 0.5) is 5.69 Å². The molecule has 2 aromatic rings. The molecule has 0 heterocycles. The molecule has 4 nitrogen and oxygen atoms in total. The van der Waals surface area contributed by atoms with Gasteiger partial charge in [0.1, 0.15) is 30.5 Å². The topological polar surface area (TPSA) is 53.7 Å². The molecule has 0 saturated carbocycles. The van der Waals surface area contributed by atoms with Gasteiger partial charge in [-0.2, -0.15) is 0 Å². The van der Waals surface area contributed by atoms with Crippen LogP contribution in [0, 0.1) is 0 Å². The summed E-state index contributed by atoms with van der Waals surface area (Å²) < 4.78 is 16.6. The molecule has 0 aliphatic rings. The van der Waals surface area contributed by atoms with E-state index in [4.69, 9.17) is 19.9 Å². The van der Waals surface area contributed by atoms with Crippen molar-refractivity contribution in [3.05, 3.63) is 48.5 Å². The van der Waals surface area contributed by atoms with E-state index in [0.717, 1.165) is 22.9 Å². The Morgan fingerprint density at radius 2 is 1.40 bits per heavy atom. The third-order valence-electron chi connectivity index (χ3n) is 2.62. The van der Waals surface area contributed by atoms with E-state index in [1.165, 1.54) is 0 Å². The first-order chi connectivity index (χ1) is 9.78. The van der Waals surface area contributed by atoms with E-state index in [0.29, 0.717) is 19.8 Å². The molecule has 0 unspecified atom stereocenters. The van der Waals surface area contributed by atoms with E-state index in [1.807, 2.05) is 55.5 Å². The molecule has 0 radical (unpaired) electrons. The van der Waals surface area contributed by atoms with Crippen molar-refractivity contribution in [3.8, 4) is 17.2 Å². The minimum atomic E-state index is 0.472. The highest BCUT2D eigenvalue weighted by Crippen LogP contribution is 2.19. The molecule has 0 saturated heterocycles. The van der Waals surface area contributed by atoms with Crippen molar-refractivity contribution in [3.63, 3.8) is 0 Å². The lowest BCUT2D eigenvalue weighted by Crippen LogP contribution is -2.09. The summed E-state index contributed by atoms with van der Waals surface area (Å²) in [7, 11) is 0. The number of anilines is 1. The van der Waals surface area contributed by atoms with E-state index < -0.39 is 0 Å². The highest BCUT2D eigenvalue weighted by Gasteiger charge is 1.98. The van der Waals surface area contributed by atoms with Gasteiger partial charge < -0.3 is 19.9 Å². The molecule has 0 aliphatic carbocycles. The highest BCUT2D eigenvalue weighted by atomic mass is 16.5. The predicted octanol–water partition coefficient (Wildman–Crippen LogP) is 3.13. The molecule has 2 N–H and O–H groups in total. The molecule has 2 aromatic carbocycles. The second kappa shape index (κ2) is 7.28. The van der Waals surface area contributed by atoms with Crippen LogP contribution in [0.2, 0.25) is 0 Å². The van der Waals surface area contributed by atoms with Gasteiger partial charge in [0, 0.05) is 11.8 Å². The van der Waals surface area contributed by atoms with Crippen molar-refractivity contribution in [2.24, 2.45) is 0 Å². The summed E-state index contributed by atoms with van der Waals surface area (Å²) in [5, 5.41) is 0. The van der Waals surface area contributed by atoms with Crippen LogP contribution in [0.25, 0.3) is 0 Å². The van der Waals surface area contributed by atoms with Crippen LogP contribution in [0.1, 0.15) is 6.92 Å². The Kier molecular flexibility index (Phi) is 5.12. The summed E-state index contributed by atoms with van der Waals surface area (Å²) in [6, 6.07) is 14.9. The Bertz CT molecular complexity index is 526. The second-order valence-electron chi connectivity index (χ2n) is 4.17. The maximum atomic E-state index is 5.61. The number of rotatable bonds is 7. The third kappa shape index (κ3) is 4.39. The zero-order valence-electron chi connectivity index (χ0n) is 11.5. The molecule has 0 aliphatic heterocycles. The Morgan fingerprint density at radius 1 is 0.800 bits per heavy atom. The van der Waals surface area contributed by atoms with Crippen LogP contribution in [-0.4, -0.2) is 19.8 Å². The lowest BCUT2D eigenvalue weighted by atomic mass is 10.3. The fraction of sp³-hybridized carbons (Fsp3) is 0.250. The molecule has 0 amide bonds. The number of nitrogen functional groups attached to an aromatic ring is 1. The smallest absolute Gasteiger partial charge is 0.123 e. The number of ether oxygens (including phenoxy) is 3. The average molecular weight is 273 g/mol. The monoisotopic (exact) mass is 273 g/mol. The van der Waals surface area contributed by atoms with Gasteiger partial charge in [0.25, 0.3) is 0 Å². The minimum absolute atomic E-state index is 0.472. The molecular formula is C16H19NO3. The largest absolute Gasteiger partial charge is 0.494 e. The van der Waals surface area contributed by atoms with Crippen molar-refractivity contribution < 1.29 is 14.2 Å². The lowest BCUT2D eigenvalue weighted by Gasteiger charge is -2.10. The van der Waals surface area contributed by atoms with Crippen LogP contribution >= 0.6 is 0 Å². The summed E-state index contributed by atoms with van der Waals surface area (Å²) in [4.78, 5) is 0. The first-order valence-corrected chi connectivity index (χ1v) is 6.62. The van der Waals surface area contributed by atoms with E-state index in [9.17, 15) is 0 Å². The zero-order chi connectivity index (χ0) is 14.2.